The molecule has 2 atom stereocenters. The van der Waals surface area contributed by atoms with Crippen molar-refractivity contribution in [3.8, 4) is 0 Å². The molecule has 0 aromatic heterocycles. The van der Waals surface area contributed by atoms with Gasteiger partial charge in [-0.2, -0.15) is 0 Å². The molecule has 0 spiro atoms. The lowest BCUT2D eigenvalue weighted by Gasteiger charge is -2.40. The van der Waals surface area contributed by atoms with Gasteiger partial charge in [-0.15, -0.1) is 0 Å². The van der Waals surface area contributed by atoms with Crippen LogP contribution in [-0.2, 0) is 4.74 Å². The van der Waals surface area contributed by atoms with Crippen LogP contribution in [0.5, 0.6) is 0 Å². The maximum Gasteiger partial charge on any atom is 0.0637 e. The predicted octanol–water partition coefficient (Wildman–Crippen LogP) is 1.81. The van der Waals surface area contributed by atoms with Gasteiger partial charge >= 0.3 is 0 Å². The molecule has 120 valence electrons. The van der Waals surface area contributed by atoms with Crippen molar-refractivity contribution < 1.29 is 4.74 Å². The Balaban J connectivity index is 2.42. The van der Waals surface area contributed by atoms with Gasteiger partial charge in [-0.25, -0.2) is 0 Å². The fourth-order valence-corrected chi connectivity index (χ4v) is 3.18. The Bertz CT molecular complexity index is 232. The summed E-state index contributed by atoms with van der Waals surface area (Å²) in [6, 6.07) is 1.15. The van der Waals surface area contributed by atoms with Crippen LogP contribution in [0.4, 0.5) is 0 Å². The van der Waals surface area contributed by atoms with Crippen molar-refractivity contribution in [1.29, 1.82) is 0 Å². The van der Waals surface area contributed by atoms with Gasteiger partial charge in [-0.3, -0.25) is 4.90 Å². The molecular weight excluding hydrogens is 250 g/mol. The van der Waals surface area contributed by atoms with E-state index in [4.69, 9.17) is 4.74 Å². The molecule has 0 saturated carbocycles. The summed E-state index contributed by atoms with van der Waals surface area (Å²) in [4.78, 5) is 5.11. The van der Waals surface area contributed by atoms with E-state index in [2.05, 4.69) is 42.8 Å². The summed E-state index contributed by atoms with van der Waals surface area (Å²) in [5.74, 6) is 0. The average Bonchev–Trinajstić information content (AvgIpc) is 2.49. The van der Waals surface area contributed by atoms with Crippen molar-refractivity contribution in [2.75, 3.05) is 52.5 Å². The lowest BCUT2D eigenvalue weighted by molar-refractivity contribution is -0.00213. The van der Waals surface area contributed by atoms with Gasteiger partial charge in [-0.1, -0.05) is 27.7 Å². The Morgan fingerprint density at radius 1 is 1.05 bits per heavy atom. The van der Waals surface area contributed by atoms with Crippen molar-refractivity contribution >= 4 is 0 Å². The number of rotatable bonds is 10. The van der Waals surface area contributed by atoms with E-state index in [0.717, 1.165) is 45.8 Å². The van der Waals surface area contributed by atoms with Crippen molar-refractivity contribution in [1.82, 2.24) is 15.1 Å². The van der Waals surface area contributed by atoms with Gasteiger partial charge in [0.2, 0.25) is 0 Å². The molecule has 1 rings (SSSR count). The molecule has 0 aromatic rings. The Morgan fingerprint density at radius 3 is 2.40 bits per heavy atom. The highest BCUT2D eigenvalue weighted by Gasteiger charge is 2.29. The van der Waals surface area contributed by atoms with Gasteiger partial charge in [0.1, 0.15) is 0 Å². The molecule has 4 heteroatoms. The Labute approximate surface area is 125 Å². The molecular formula is C16H35N3O. The highest BCUT2D eigenvalue weighted by atomic mass is 16.5. The third-order valence-electron chi connectivity index (χ3n) is 4.48. The molecule has 20 heavy (non-hydrogen) atoms. The minimum Gasteiger partial charge on any atom is -0.380 e. The fourth-order valence-electron chi connectivity index (χ4n) is 3.18. The zero-order chi connectivity index (χ0) is 14.8. The number of nitrogens with zero attached hydrogens (tertiary/aromatic N) is 2. The van der Waals surface area contributed by atoms with Gasteiger partial charge in [0.15, 0.2) is 0 Å². The van der Waals surface area contributed by atoms with Crippen LogP contribution in [0.3, 0.4) is 0 Å². The van der Waals surface area contributed by atoms with Gasteiger partial charge in [-0.05, 0) is 52.1 Å². The van der Waals surface area contributed by atoms with Crippen LogP contribution < -0.4 is 5.32 Å². The molecule has 4 nitrogen and oxygen atoms in total. The van der Waals surface area contributed by atoms with Crippen molar-refractivity contribution in [2.45, 2.75) is 52.6 Å². The highest BCUT2D eigenvalue weighted by molar-refractivity contribution is 4.87. The first-order valence-electron chi connectivity index (χ1n) is 8.54. The minimum absolute atomic E-state index is 0.547. The van der Waals surface area contributed by atoms with E-state index >= 15 is 0 Å². The summed E-state index contributed by atoms with van der Waals surface area (Å²) in [6.45, 7) is 17.7. The molecule has 1 N–H and O–H groups in total. The molecule has 2 unspecified atom stereocenters. The molecule has 0 radical (unpaired) electrons. The normalized spacial score (nSPS) is 23.7. The van der Waals surface area contributed by atoms with Crippen LogP contribution in [0.1, 0.15) is 40.5 Å². The van der Waals surface area contributed by atoms with Crippen LogP contribution in [0.15, 0.2) is 0 Å². The van der Waals surface area contributed by atoms with Crippen molar-refractivity contribution in [2.24, 2.45) is 0 Å². The Morgan fingerprint density at radius 2 is 1.80 bits per heavy atom. The molecule has 0 aromatic carbocycles. The largest absolute Gasteiger partial charge is 0.380 e. The van der Waals surface area contributed by atoms with E-state index in [0.29, 0.717) is 12.1 Å². The molecule has 0 aliphatic carbocycles. The van der Waals surface area contributed by atoms with Crippen LogP contribution in [-0.4, -0.2) is 74.4 Å². The summed E-state index contributed by atoms with van der Waals surface area (Å²) in [7, 11) is 0. The summed E-state index contributed by atoms with van der Waals surface area (Å²) in [5, 5.41) is 3.64. The van der Waals surface area contributed by atoms with Gasteiger partial charge in [0.25, 0.3) is 0 Å². The lowest BCUT2D eigenvalue weighted by atomic mass is 10.0. The average molecular weight is 285 g/mol. The third-order valence-corrected chi connectivity index (χ3v) is 4.48. The molecule has 0 bridgehead atoms. The summed E-state index contributed by atoms with van der Waals surface area (Å²) >= 11 is 0. The fraction of sp³-hybridized carbons (Fsp3) is 1.00. The summed E-state index contributed by atoms with van der Waals surface area (Å²) in [5.41, 5.74) is 0. The predicted molar refractivity (Wildman–Crippen MR) is 86.3 cm³/mol. The van der Waals surface area contributed by atoms with E-state index in [9.17, 15) is 0 Å². The maximum absolute atomic E-state index is 5.72. The first kappa shape index (κ1) is 17.9. The van der Waals surface area contributed by atoms with E-state index in [1.807, 2.05) is 0 Å². The van der Waals surface area contributed by atoms with Gasteiger partial charge in [0, 0.05) is 18.7 Å². The monoisotopic (exact) mass is 285 g/mol. The zero-order valence-electron chi connectivity index (χ0n) is 14.0. The van der Waals surface area contributed by atoms with E-state index in [-0.39, 0.29) is 0 Å². The number of nitrogens with one attached hydrogen (secondary N) is 1. The Kier molecular flexibility index (Phi) is 9.44. The van der Waals surface area contributed by atoms with E-state index in [1.165, 1.54) is 19.5 Å². The molecule has 0 amide bonds. The summed E-state index contributed by atoms with van der Waals surface area (Å²) < 4.78 is 5.72. The maximum atomic E-state index is 5.72. The Hall–Kier alpha value is -0.160. The van der Waals surface area contributed by atoms with Crippen LogP contribution in [0.25, 0.3) is 0 Å². The first-order valence-corrected chi connectivity index (χ1v) is 8.54. The quantitative estimate of drug-likeness (QED) is 0.662. The molecule has 1 saturated heterocycles. The third kappa shape index (κ3) is 5.68. The second kappa shape index (κ2) is 10.6. The second-order valence-corrected chi connectivity index (χ2v) is 5.60. The number of hydrogen-bond donors (Lipinski definition) is 1. The number of likely N-dealkylation sites (N-methyl/N-ethyl adjacent to an activating group) is 2. The number of ether oxygens (including phenoxy) is 1. The molecule has 1 aliphatic heterocycles. The van der Waals surface area contributed by atoms with Crippen LogP contribution in [0, 0.1) is 0 Å². The molecule has 1 aliphatic rings. The topological polar surface area (TPSA) is 27.7 Å². The standard InChI is InChI=1S/C16H35N3O/c1-5-17-15-10-13-20-14-16(15)19(8-4)12-9-11-18(6-2)7-3/h15-17H,5-14H2,1-4H3. The van der Waals surface area contributed by atoms with Crippen LogP contribution in [0.2, 0.25) is 0 Å². The second-order valence-electron chi connectivity index (χ2n) is 5.60. The number of hydrogen-bond acceptors (Lipinski definition) is 4. The minimum atomic E-state index is 0.547. The smallest absolute Gasteiger partial charge is 0.0637 e. The lowest BCUT2D eigenvalue weighted by Crippen LogP contribution is -2.55. The zero-order valence-corrected chi connectivity index (χ0v) is 14.0. The van der Waals surface area contributed by atoms with Gasteiger partial charge < -0.3 is 15.0 Å². The van der Waals surface area contributed by atoms with E-state index in [1.54, 1.807) is 0 Å². The van der Waals surface area contributed by atoms with E-state index < -0.39 is 0 Å². The highest BCUT2D eigenvalue weighted by Crippen LogP contribution is 2.15. The van der Waals surface area contributed by atoms with Crippen molar-refractivity contribution in [3.63, 3.8) is 0 Å². The molecule has 1 fully saturated rings. The summed E-state index contributed by atoms with van der Waals surface area (Å²) in [6.07, 6.45) is 2.40. The van der Waals surface area contributed by atoms with Crippen LogP contribution >= 0.6 is 0 Å². The van der Waals surface area contributed by atoms with Crippen molar-refractivity contribution in [3.05, 3.63) is 0 Å². The van der Waals surface area contributed by atoms with Gasteiger partial charge in [0.05, 0.1) is 6.61 Å². The first-order chi connectivity index (χ1) is 9.76. The SMILES string of the molecule is CCNC1CCOCC1N(CC)CCCN(CC)CC. The molecule has 1 heterocycles.